The number of hydrogen-bond donors (Lipinski definition) is 1. The lowest BCUT2D eigenvalue weighted by Gasteiger charge is -2.10. The minimum absolute atomic E-state index is 0.208. The zero-order chi connectivity index (χ0) is 21.3. The molecule has 0 bridgehead atoms. The van der Waals surface area contributed by atoms with Crippen molar-refractivity contribution >= 4 is 11.6 Å². The maximum Gasteiger partial charge on any atom is 0.226 e. The van der Waals surface area contributed by atoms with E-state index in [-0.39, 0.29) is 11.3 Å². The molecule has 150 valence electrons. The Morgan fingerprint density at radius 2 is 2.03 bits per heavy atom. The summed E-state index contributed by atoms with van der Waals surface area (Å²) >= 11 is 0. The van der Waals surface area contributed by atoms with E-state index in [2.05, 4.69) is 20.4 Å². The summed E-state index contributed by atoms with van der Waals surface area (Å²) in [7, 11) is 3.30. The maximum absolute atomic E-state index is 14.2. The van der Waals surface area contributed by atoms with Crippen LogP contribution in [0.15, 0.2) is 48.9 Å². The second kappa shape index (κ2) is 7.67. The van der Waals surface area contributed by atoms with Crippen molar-refractivity contribution in [3.8, 4) is 28.9 Å². The molecule has 30 heavy (non-hydrogen) atoms. The Morgan fingerprint density at radius 3 is 2.70 bits per heavy atom. The van der Waals surface area contributed by atoms with Gasteiger partial charge in [0.15, 0.2) is 5.82 Å². The van der Waals surface area contributed by atoms with Crippen LogP contribution >= 0.6 is 0 Å². The van der Waals surface area contributed by atoms with Crippen molar-refractivity contribution in [2.45, 2.75) is 6.92 Å². The molecule has 2 heterocycles. The van der Waals surface area contributed by atoms with Crippen molar-refractivity contribution in [1.82, 2.24) is 24.3 Å². The highest BCUT2D eigenvalue weighted by Crippen LogP contribution is 2.29. The maximum atomic E-state index is 14.2. The number of aromatic nitrogens is 5. The molecule has 0 unspecified atom stereocenters. The first-order valence-corrected chi connectivity index (χ1v) is 9.05. The van der Waals surface area contributed by atoms with Crippen LogP contribution in [0.3, 0.4) is 0 Å². The summed E-state index contributed by atoms with van der Waals surface area (Å²) in [6, 6.07) is 11.7. The minimum Gasteiger partial charge on any atom is -0.495 e. The fourth-order valence-electron chi connectivity index (χ4n) is 3.01. The number of ether oxygens (including phenoxy) is 1. The van der Waals surface area contributed by atoms with Gasteiger partial charge in [-0.25, -0.2) is 14.1 Å². The van der Waals surface area contributed by atoms with Crippen LogP contribution in [0.2, 0.25) is 0 Å². The van der Waals surface area contributed by atoms with Gasteiger partial charge in [0.1, 0.15) is 11.6 Å². The predicted molar refractivity (Wildman–Crippen MR) is 109 cm³/mol. The first-order chi connectivity index (χ1) is 14.5. The summed E-state index contributed by atoms with van der Waals surface area (Å²) in [5, 5.41) is 16.2. The highest BCUT2D eigenvalue weighted by molar-refractivity contribution is 5.65. The number of rotatable bonds is 5. The van der Waals surface area contributed by atoms with Gasteiger partial charge in [0.05, 0.1) is 42.1 Å². The Hall–Kier alpha value is -4.19. The van der Waals surface area contributed by atoms with Crippen LogP contribution < -0.4 is 10.1 Å². The standard InChI is InChI=1S/C21H18FN7O/c1-13-11-29(12-24-13)18-7-5-15(9-19(18)30-3)20-26-21(28(2)27-20)25-17-6-4-14(10-23)8-16(17)22/h4-9,11-12H,1-3H3,(H,25,26,27). The zero-order valence-corrected chi connectivity index (χ0v) is 16.6. The van der Waals surface area contributed by atoms with E-state index in [4.69, 9.17) is 10.00 Å². The highest BCUT2D eigenvalue weighted by atomic mass is 19.1. The molecule has 0 atom stereocenters. The van der Waals surface area contributed by atoms with Crippen molar-refractivity contribution in [2.24, 2.45) is 7.05 Å². The smallest absolute Gasteiger partial charge is 0.226 e. The van der Waals surface area contributed by atoms with E-state index in [9.17, 15) is 4.39 Å². The van der Waals surface area contributed by atoms with Crippen LogP contribution in [0, 0.1) is 24.1 Å². The van der Waals surface area contributed by atoms with Gasteiger partial charge >= 0.3 is 0 Å². The number of nitrogens with one attached hydrogen (secondary N) is 1. The molecular formula is C21H18FN7O. The van der Waals surface area contributed by atoms with Crippen molar-refractivity contribution < 1.29 is 9.13 Å². The number of anilines is 2. The molecule has 0 amide bonds. The Bertz CT molecular complexity index is 1270. The van der Waals surface area contributed by atoms with Gasteiger partial charge in [-0.15, -0.1) is 5.10 Å². The van der Waals surface area contributed by atoms with E-state index in [1.54, 1.807) is 20.5 Å². The molecule has 0 fully saturated rings. The third-order valence-electron chi connectivity index (χ3n) is 4.54. The second-order valence-electron chi connectivity index (χ2n) is 6.62. The Labute approximate surface area is 172 Å². The zero-order valence-electron chi connectivity index (χ0n) is 16.6. The van der Waals surface area contributed by atoms with Gasteiger partial charge in [0, 0.05) is 18.8 Å². The van der Waals surface area contributed by atoms with Crippen LogP contribution in [-0.4, -0.2) is 31.4 Å². The third-order valence-corrected chi connectivity index (χ3v) is 4.54. The van der Waals surface area contributed by atoms with E-state index >= 15 is 0 Å². The number of nitrogens with zero attached hydrogens (tertiary/aromatic N) is 6. The van der Waals surface area contributed by atoms with Crippen LogP contribution in [0.25, 0.3) is 17.1 Å². The molecule has 0 aliphatic rings. The molecule has 4 aromatic rings. The first-order valence-electron chi connectivity index (χ1n) is 9.05. The van der Waals surface area contributed by atoms with Crippen molar-refractivity contribution in [1.29, 1.82) is 5.26 Å². The molecule has 2 aromatic carbocycles. The molecule has 0 aliphatic heterocycles. The summed E-state index contributed by atoms with van der Waals surface area (Å²) < 4.78 is 23.1. The lowest BCUT2D eigenvalue weighted by molar-refractivity contribution is 0.413. The van der Waals surface area contributed by atoms with Crippen molar-refractivity contribution in [3.63, 3.8) is 0 Å². The number of halogens is 1. The Kier molecular flexibility index (Phi) is 4.90. The number of methoxy groups -OCH3 is 1. The van der Waals surface area contributed by atoms with Gasteiger partial charge in [0.25, 0.3) is 0 Å². The lowest BCUT2D eigenvalue weighted by atomic mass is 10.1. The van der Waals surface area contributed by atoms with Gasteiger partial charge < -0.3 is 14.6 Å². The molecule has 0 saturated carbocycles. The Morgan fingerprint density at radius 1 is 1.20 bits per heavy atom. The van der Waals surface area contributed by atoms with Gasteiger partial charge in [-0.2, -0.15) is 10.2 Å². The largest absolute Gasteiger partial charge is 0.495 e. The molecule has 9 heteroatoms. The lowest BCUT2D eigenvalue weighted by Crippen LogP contribution is -2.02. The molecule has 4 rings (SSSR count). The Balaban J connectivity index is 1.65. The third kappa shape index (κ3) is 3.58. The van der Waals surface area contributed by atoms with Gasteiger partial charge in [-0.3, -0.25) is 0 Å². The molecule has 1 N–H and O–H groups in total. The van der Waals surface area contributed by atoms with E-state index < -0.39 is 5.82 Å². The summed E-state index contributed by atoms with van der Waals surface area (Å²) in [5.41, 5.74) is 2.95. The predicted octanol–water partition coefficient (Wildman–Crippen LogP) is 3.74. The van der Waals surface area contributed by atoms with Crippen LogP contribution in [-0.2, 0) is 7.05 Å². The molecule has 0 aliphatic carbocycles. The SMILES string of the molecule is COc1cc(-c2nc(Nc3ccc(C#N)cc3F)n(C)n2)ccc1-n1cnc(C)c1. The van der Waals surface area contributed by atoms with Gasteiger partial charge in [-0.05, 0) is 43.3 Å². The molecule has 8 nitrogen and oxygen atoms in total. The number of nitriles is 1. The number of aryl methyl sites for hydroxylation is 2. The topological polar surface area (TPSA) is 93.6 Å². The van der Waals surface area contributed by atoms with Crippen LogP contribution in [0.5, 0.6) is 5.75 Å². The van der Waals surface area contributed by atoms with Crippen LogP contribution in [0.1, 0.15) is 11.3 Å². The molecule has 0 spiro atoms. The average molecular weight is 403 g/mol. The molecule has 2 aromatic heterocycles. The normalized spacial score (nSPS) is 10.6. The first kappa shape index (κ1) is 19.1. The summed E-state index contributed by atoms with van der Waals surface area (Å²) in [6.45, 7) is 1.92. The van der Waals surface area contributed by atoms with E-state index in [0.29, 0.717) is 17.5 Å². The molecular weight excluding hydrogens is 385 g/mol. The van der Waals surface area contributed by atoms with E-state index in [0.717, 1.165) is 16.9 Å². The van der Waals surface area contributed by atoms with Crippen LogP contribution in [0.4, 0.5) is 16.0 Å². The number of benzene rings is 2. The molecule has 0 saturated heterocycles. The van der Waals surface area contributed by atoms with E-state index in [1.807, 2.05) is 42.0 Å². The molecule has 0 radical (unpaired) electrons. The van der Waals surface area contributed by atoms with E-state index in [1.165, 1.54) is 22.9 Å². The minimum atomic E-state index is -0.541. The monoisotopic (exact) mass is 403 g/mol. The van der Waals surface area contributed by atoms with Gasteiger partial charge in [-0.1, -0.05) is 0 Å². The van der Waals surface area contributed by atoms with Crippen molar-refractivity contribution in [2.75, 3.05) is 12.4 Å². The number of hydrogen-bond acceptors (Lipinski definition) is 6. The summed E-state index contributed by atoms with van der Waals surface area (Å²) in [4.78, 5) is 8.72. The summed E-state index contributed by atoms with van der Waals surface area (Å²) in [6.07, 6.45) is 3.63. The second-order valence-corrected chi connectivity index (χ2v) is 6.62. The van der Waals surface area contributed by atoms with Crippen molar-refractivity contribution in [3.05, 3.63) is 66.0 Å². The summed E-state index contributed by atoms with van der Waals surface area (Å²) in [5.74, 6) is 0.924. The highest BCUT2D eigenvalue weighted by Gasteiger charge is 2.14. The quantitative estimate of drug-likeness (QED) is 0.546. The number of imidazole rings is 1. The fraction of sp³-hybridized carbons (Fsp3) is 0.143. The fourth-order valence-corrected chi connectivity index (χ4v) is 3.01. The average Bonchev–Trinajstić information content (AvgIpc) is 3.34. The van der Waals surface area contributed by atoms with Gasteiger partial charge in [0.2, 0.25) is 5.95 Å².